The predicted molar refractivity (Wildman–Crippen MR) is 87.4 cm³/mol. The van der Waals surface area contributed by atoms with Gasteiger partial charge in [-0.05, 0) is 55.2 Å². The SMILES string of the molecule is CNC(C1CCC(C)C(C)C1)C1OCCc2ccccc21. The highest BCUT2D eigenvalue weighted by Gasteiger charge is 2.36. The van der Waals surface area contributed by atoms with E-state index in [0.717, 1.165) is 30.8 Å². The van der Waals surface area contributed by atoms with Gasteiger partial charge in [0.25, 0.3) is 0 Å². The molecule has 0 saturated heterocycles. The molecule has 5 unspecified atom stereocenters. The van der Waals surface area contributed by atoms with Crippen molar-refractivity contribution < 1.29 is 4.74 Å². The summed E-state index contributed by atoms with van der Waals surface area (Å²) in [5, 5.41) is 3.59. The summed E-state index contributed by atoms with van der Waals surface area (Å²) in [7, 11) is 2.11. The van der Waals surface area contributed by atoms with Gasteiger partial charge in [-0.3, -0.25) is 0 Å². The van der Waals surface area contributed by atoms with Gasteiger partial charge in [-0.1, -0.05) is 44.5 Å². The molecule has 1 aromatic carbocycles. The van der Waals surface area contributed by atoms with Crippen LogP contribution in [0.2, 0.25) is 0 Å². The van der Waals surface area contributed by atoms with Crippen LogP contribution >= 0.6 is 0 Å². The van der Waals surface area contributed by atoms with Crippen molar-refractivity contribution in [3.63, 3.8) is 0 Å². The van der Waals surface area contributed by atoms with E-state index in [2.05, 4.69) is 50.5 Å². The predicted octanol–water partition coefficient (Wildman–Crippen LogP) is 3.96. The van der Waals surface area contributed by atoms with Gasteiger partial charge in [-0.15, -0.1) is 0 Å². The zero-order valence-electron chi connectivity index (χ0n) is 13.6. The van der Waals surface area contributed by atoms with Gasteiger partial charge in [-0.25, -0.2) is 0 Å². The summed E-state index contributed by atoms with van der Waals surface area (Å²) < 4.78 is 6.21. The Labute approximate surface area is 129 Å². The summed E-state index contributed by atoms with van der Waals surface area (Å²) in [5.41, 5.74) is 2.89. The van der Waals surface area contributed by atoms with Gasteiger partial charge in [0.1, 0.15) is 0 Å². The quantitative estimate of drug-likeness (QED) is 0.908. The second kappa shape index (κ2) is 6.50. The third kappa shape index (κ3) is 3.02. The molecule has 5 atom stereocenters. The van der Waals surface area contributed by atoms with Crippen molar-refractivity contribution in [1.82, 2.24) is 5.32 Å². The van der Waals surface area contributed by atoms with Crippen molar-refractivity contribution in [2.75, 3.05) is 13.7 Å². The number of hydrogen-bond donors (Lipinski definition) is 1. The Bertz CT molecular complexity index is 472. The number of likely N-dealkylation sites (N-methyl/N-ethyl adjacent to an activating group) is 1. The highest BCUT2D eigenvalue weighted by molar-refractivity contribution is 5.32. The largest absolute Gasteiger partial charge is 0.372 e. The first-order valence-electron chi connectivity index (χ1n) is 8.57. The monoisotopic (exact) mass is 287 g/mol. The van der Waals surface area contributed by atoms with E-state index in [1.165, 1.54) is 30.4 Å². The third-order valence-electron chi connectivity index (χ3n) is 5.84. The molecule has 0 radical (unpaired) electrons. The van der Waals surface area contributed by atoms with Crippen molar-refractivity contribution in [1.29, 1.82) is 0 Å². The lowest BCUT2D eigenvalue weighted by molar-refractivity contribution is -0.00947. The van der Waals surface area contributed by atoms with Gasteiger partial charge >= 0.3 is 0 Å². The van der Waals surface area contributed by atoms with E-state index in [1.807, 2.05) is 0 Å². The van der Waals surface area contributed by atoms with Gasteiger partial charge in [0.05, 0.1) is 12.7 Å². The van der Waals surface area contributed by atoms with E-state index < -0.39 is 0 Å². The smallest absolute Gasteiger partial charge is 0.0983 e. The van der Waals surface area contributed by atoms with Gasteiger partial charge in [-0.2, -0.15) is 0 Å². The normalized spacial score (nSPS) is 34.2. The summed E-state index contributed by atoms with van der Waals surface area (Å²) in [6.45, 7) is 5.68. The molecule has 1 heterocycles. The Kier molecular flexibility index (Phi) is 4.66. The molecule has 21 heavy (non-hydrogen) atoms. The first-order valence-corrected chi connectivity index (χ1v) is 8.57. The van der Waals surface area contributed by atoms with Gasteiger partial charge in [0, 0.05) is 6.04 Å². The maximum absolute atomic E-state index is 6.21. The second-order valence-corrected chi connectivity index (χ2v) is 7.08. The summed E-state index contributed by atoms with van der Waals surface area (Å²) >= 11 is 0. The van der Waals surface area contributed by atoms with E-state index >= 15 is 0 Å². The lowest BCUT2D eigenvalue weighted by atomic mass is 9.71. The minimum absolute atomic E-state index is 0.227. The molecule has 0 bridgehead atoms. The van der Waals surface area contributed by atoms with Gasteiger partial charge in [0.2, 0.25) is 0 Å². The molecule has 2 aliphatic rings. The summed E-state index contributed by atoms with van der Waals surface area (Å²) in [6, 6.07) is 9.28. The van der Waals surface area contributed by atoms with Crippen molar-refractivity contribution in [3.8, 4) is 0 Å². The van der Waals surface area contributed by atoms with Crippen LogP contribution < -0.4 is 5.32 Å². The van der Waals surface area contributed by atoms with Crippen LogP contribution in [-0.4, -0.2) is 19.7 Å². The van der Waals surface area contributed by atoms with Gasteiger partial charge in [0.15, 0.2) is 0 Å². The number of fused-ring (bicyclic) bond motifs is 1. The van der Waals surface area contributed by atoms with Crippen molar-refractivity contribution in [3.05, 3.63) is 35.4 Å². The molecule has 2 heteroatoms. The molecule has 1 aromatic rings. The van der Waals surface area contributed by atoms with Crippen LogP contribution in [0, 0.1) is 17.8 Å². The Morgan fingerprint density at radius 1 is 1.14 bits per heavy atom. The zero-order chi connectivity index (χ0) is 14.8. The second-order valence-electron chi connectivity index (χ2n) is 7.08. The minimum atomic E-state index is 0.227. The molecule has 2 nitrogen and oxygen atoms in total. The van der Waals surface area contributed by atoms with E-state index in [-0.39, 0.29) is 6.10 Å². The summed E-state index contributed by atoms with van der Waals surface area (Å²) in [6.07, 6.45) is 5.30. The molecule has 3 rings (SSSR count). The van der Waals surface area contributed by atoms with E-state index in [9.17, 15) is 0 Å². The fourth-order valence-electron chi connectivity index (χ4n) is 4.27. The molecule has 0 amide bonds. The van der Waals surface area contributed by atoms with E-state index in [4.69, 9.17) is 4.74 Å². The number of rotatable bonds is 3. The third-order valence-corrected chi connectivity index (χ3v) is 5.84. The maximum Gasteiger partial charge on any atom is 0.0983 e. The fraction of sp³-hybridized carbons (Fsp3) is 0.684. The summed E-state index contributed by atoms with van der Waals surface area (Å²) in [4.78, 5) is 0. The van der Waals surface area contributed by atoms with Crippen molar-refractivity contribution in [2.24, 2.45) is 17.8 Å². The zero-order valence-corrected chi connectivity index (χ0v) is 13.6. The lowest BCUT2D eigenvalue weighted by Crippen LogP contribution is -2.44. The Morgan fingerprint density at radius 2 is 1.95 bits per heavy atom. The van der Waals surface area contributed by atoms with Crippen LogP contribution in [0.1, 0.15) is 50.3 Å². The molecule has 1 aliphatic carbocycles. The van der Waals surface area contributed by atoms with Crippen LogP contribution in [0.4, 0.5) is 0 Å². The van der Waals surface area contributed by atoms with Crippen LogP contribution in [-0.2, 0) is 11.2 Å². The van der Waals surface area contributed by atoms with Crippen LogP contribution in [0.25, 0.3) is 0 Å². The molecule has 116 valence electrons. The minimum Gasteiger partial charge on any atom is -0.372 e. The topological polar surface area (TPSA) is 21.3 Å². The molecule has 1 saturated carbocycles. The molecule has 1 aliphatic heterocycles. The maximum atomic E-state index is 6.21. The fourth-order valence-corrected chi connectivity index (χ4v) is 4.27. The lowest BCUT2D eigenvalue weighted by Gasteiger charge is -2.41. The number of ether oxygens (including phenoxy) is 1. The van der Waals surface area contributed by atoms with Crippen molar-refractivity contribution in [2.45, 2.75) is 51.7 Å². The first-order chi connectivity index (χ1) is 10.2. The van der Waals surface area contributed by atoms with Crippen LogP contribution in [0.15, 0.2) is 24.3 Å². The Balaban J connectivity index is 1.81. The summed E-state index contributed by atoms with van der Waals surface area (Å²) in [5.74, 6) is 2.44. The van der Waals surface area contributed by atoms with E-state index in [0.29, 0.717) is 6.04 Å². The highest BCUT2D eigenvalue weighted by Crippen LogP contribution is 2.40. The molecular formula is C19H29NO. The molecule has 1 N–H and O–H groups in total. The molecule has 1 fully saturated rings. The Morgan fingerprint density at radius 3 is 2.71 bits per heavy atom. The molecule has 0 aromatic heterocycles. The highest BCUT2D eigenvalue weighted by atomic mass is 16.5. The average molecular weight is 287 g/mol. The standard InChI is InChI=1S/C19H29NO/c1-13-8-9-16(12-14(13)2)18(20-3)19-17-7-5-4-6-15(17)10-11-21-19/h4-7,13-14,16,18-20H,8-12H2,1-3H3. The van der Waals surface area contributed by atoms with Gasteiger partial charge < -0.3 is 10.1 Å². The van der Waals surface area contributed by atoms with Crippen molar-refractivity contribution >= 4 is 0 Å². The number of nitrogens with one attached hydrogen (secondary N) is 1. The number of hydrogen-bond acceptors (Lipinski definition) is 2. The number of benzene rings is 1. The van der Waals surface area contributed by atoms with E-state index in [1.54, 1.807) is 0 Å². The van der Waals surface area contributed by atoms with Crippen LogP contribution in [0.3, 0.4) is 0 Å². The molecular weight excluding hydrogens is 258 g/mol. The van der Waals surface area contributed by atoms with Crippen LogP contribution in [0.5, 0.6) is 0 Å². The average Bonchev–Trinajstić information content (AvgIpc) is 2.52. The Hall–Kier alpha value is -0.860. The molecule has 0 spiro atoms. The first kappa shape index (κ1) is 15.1.